The first-order chi connectivity index (χ1) is 9.08. The first-order valence-corrected chi connectivity index (χ1v) is 7.84. The summed E-state index contributed by atoms with van der Waals surface area (Å²) in [5.74, 6) is 0.818. The van der Waals surface area contributed by atoms with Crippen LogP contribution in [0.3, 0.4) is 0 Å². The summed E-state index contributed by atoms with van der Waals surface area (Å²) in [5, 5.41) is 13.7. The predicted octanol–water partition coefficient (Wildman–Crippen LogP) is 1.28. The largest absolute Gasteiger partial charge is 0.386 e. The molecule has 4 nitrogen and oxygen atoms in total. The van der Waals surface area contributed by atoms with Crippen LogP contribution in [0.5, 0.6) is 0 Å². The fourth-order valence-electron chi connectivity index (χ4n) is 4.18. The summed E-state index contributed by atoms with van der Waals surface area (Å²) in [6.07, 6.45) is 7.39. The van der Waals surface area contributed by atoms with Crippen molar-refractivity contribution in [3.63, 3.8) is 0 Å². The Bertz CT molecular complexity index is 340. The second kappa shape index (κ2) is 5.06. The van der Waals surface area contributed by atoms with Crippen LogP contribution in [0, 0.1) is 5.92 Å². The predicted molar refractivity (Wildman–Crippen MR) is 73.7 cm³/mol. The third-order valence-corrected chi connectivity index (χ3v) is 5.07. The lowest BCUT2D eigenvalue weighted by molar-refractivity contribution is -0.157. The maximum Gasteiger partial charge on any atom is 0.223 e. The van der Waals surface area contributed by atoms with Gasteiger partial charge >= 0.3 is 0 Å². The van der Waals surface area contributed by atoms with Crippen LogP contribution in [0.2, 0.25) is 0 Å². The zero-order chi connectivity index (χ0) is 13.5. The Morgan fingerprint density at radius 3 is 2.53 bits per heavy atom. The van der Waals surface area contributed by atoms with Crippen LogP contribution in [-0.4, -0.2) is 46.7 Å². The van der Waals surface area contributed by atoms with Crippen LogP contribution >= 0.6 is 0 Å². The van der Waals surface area contributed by atoms with Gasteiger partial charge in [0.25, 0.3) is 0 Å². The van der Waals surface area contributed by atoms with Gasteiger partial charge in [-0.25, -0.2) is 0 Å². The lowest BCUT2D eigenvalue weighted by Crippen LogP contribution is -2.63. The van der Waals surface area contributed by atoms with Gasteiger partial charge in [-0.3, -0.25) is 4.79 Å². The molecule has 19 heavy (non-hydrogen) atoms. The van der Waals surface area contributed by atoms with E-state index in [1.807, 2.05) is 4.90 Å². The molecular formula is C15H26N2O2. The van der Waals surface area contributed by atoms with Crippen LogP contribution < -0.4 is 5.32 Å². The van der Waals surface area contributed by atoms with Crippen molar-refractivity contribution in [1.29, 1.82) is 0 Å². The van der Waals surface area contributed by atoms with Crippen LogP contribution in [-0.2, 0) is 4.79 Å². The molecule has 2 N–H and O–H groups in total. The molecule has 3 heterocycles. The average molecular weight is 266 g/mol. The molecule has 0 spiro atoms. The van der Waals surface area contributed by atoms with Crippen molar-refractivity contribution < 1.29 is 9.90 Å². The van der Waals surface area contributed by atoms with E-state index in [0.29, 0.717) is 37.5 Å². The maximum absolute atomic E-state index is 12.2. The summed E-state index contributed by atoms with van der Waals surface area (Å²) in [4.78, 5) is 14.1. The van der Waals surface area contributed by atoms with E-state index in [9.17, 15) is 9.90 Å². The van der Waals surface area contributed by atoms with Gasteiger partial charge in [-0.15, -0.1) is 0 Å². The van der Waals surface area contributed by atoms with Gasteiger partial charge in [-0.1, -0.05) is 13.3 Å². The minimum absolute atomic E-state index is 0.257. The van der Waals surface area contributed by atoms with Gasteiger partial charge in [-0.2, -0.15) is 0 Å². The zero-order valence-corrected chi connectivity index (χ0v) is 11.9. The first-order valence-electron chi connectivity index (χ1n) is 7.84. The summed E-state index contributed by atoms with van der Waals surface area (Å²) >= 11 is 0. The molecular weight excluding hydrogens is 240 g/mol. The lowest BCUT2D eigenvalue weighted by Gasteiger charge is -2.47. The van der Waals surface area contributed by atoms with Gasteiger partial charge in [-0.05, 0) is 38.0 Å². The topological polar surface area (TPSA) is 52.6 Å². The number of fused-ring (bicyclic) bond motifs is 2. The SMILES string of the molecule is CCCC1(O)CN(C(=O)CC2CC3CCC(C2)N3)C1. The molecule has 108 valence electrons. The molecule has 0 radical (unpaired) electrons. The lowest BCUT2D eigenvalue weighted by atomic mass is 9.86. The van der Waals surface area contributed by atoms with Gasteiger partial charge < -0.3 is 15.3 Å². The Balaban J connectivity index is 1.45. The van der Waals surface area contributed by atoms with Crippen LogP contribution in [0.4, 0.5) is 0 Å². The molecule has 4 heteroatoms. The highest BCUT2D eigenvalue weighted by Gasteiger charge is 2.43. The van der Waals surface area contributed by atoms with Gasteiger partial charge in [0.05, 0.1) is 18.7 Å². The molecule has 2 bridgehead atoms. The molecule has 0 aliphatic carbocycles. The molecule has 0 saturated carbocycles. The van der Waals surface area contributed by atoms with E-state index in [0.717, 1.165) is 25.7 Å². The van der Waals surface area contributed by atoms with Crippen molar-refractivity contribution in [3.05, 3.63) is 0 Å². The van der Waals surface area contributed by atoms with Crippen molar-refractivity contribution in [2.45, 2.75) is 69.6 Å². The van der Waals surface area contributed by atoms with Crippen molar-refractivity contribution in [1.82, 2.24) is 10.2 Å². The number of piperidine rings is 1. The number of rotatable bonds is 4. The van der Waals surface area contributed by atoms with Crippen LogP contribution in [0.1, 0.15) is 51.9 Å². The van der Waals surface area contributed by atoms with E-state index < -0.39 is 5.60 Å². The number of likely N-dealkylation sites (tertiary alicyclic amines) is 1. The number of aliphatic hydroxyl groups is 1. The highest BCUT2D eigenvalue weighted by Crippen LogP contribution is 2.34. The summed E-state index contributed by atoms with van der Waals surface area (Å²) < 4.78 is 0. The zero-order valence-electron chi connectivity index (χ0n) is 11.9. The number of hydrogen-bond donors (Lipinski definition) is 2. The number of carbonyl (C=O) groups is 1. The number of β-amino-alcohol motifs (C(OH)–C–C–N with tert-alkyl or cyclic N) is 1. The van der Waals surface area contributed by atoms with E-state index in [2.05, 4.69) is 12.2 Å². The summed E-state index contributed by atoms with van der Waals surface area (Å²) in [7, 11) is 0. The minimum Gasteiger partial charge on any atom is -0.386 e. The molecule has 0 aromatic heterocycles. The molecule has 3 rings (SSSR count). The normalized spacial score (nSPS) is 36.1. The molecule has 3 fully saturated rings. The Labute approximate surface area is 115 Å². The minimum atomic E-state index is -0.586. The third kappa shape index (κ3) is 2.79. The van der Waals surface area contributed by atoms with Gasteiger partial charge in [0.2, 0.25) is 5.91 Å². The Kier molecular flexibility index (Phi) is 3.56. The fourth-order valence-corrected chi connectivity index (χ4v) is 4.18. The molecule has 1 amide bonds. The van der Waals surface area contributed by atoms with Crippen LogP contribution in [0.25, 0.3) is 0 Å². The Morgan fingerprint density at radius 2 is 1.95 bits per heavy atom. The molecule has 3 saturated heterocycles. The molecule has 2 atom stereocenters. The molecule has 0 aromatic carbocycles. The van der Waals surface area contributed by atoms with Crippen molar-refractivity contribution in [2.24, 2.45) is 5.92 Å². The molecule has 0 aromatic rings. The van der Waals surface area contributed by atoms with Gasteiger partial charge in [0.1, 0.15) is 0 Å². The van der Waals surface area contributed by atoms with Gasteiger partial charge in [0, 0.05) is 18.5 Å². The Hall–Kier alpha value is -0.610. The standard InChI is InChI=1S/C15H26N2O2/c1-2-5-15(19)9-17(10-15)14(18)8-11-6-12-3-4-13(7-11)16-12/h11-13,16,19H,2-10H2,1H3. The number of nitrogens with zero attached hydrogens (tertiary/aromatic N) is 1. The first kappa shape index (κ1) is 13.4. The van der Waals surface area contributed by atoms with E-state index in [1.165, 1.54) is 12.8 Å². The number of amides is 1. The molecule has 3 aliphatic heterocycles. The summed E-state index contributed by atoms with van der Waals surface area (Å²) in [6, 6.07) is 1.31. The van der Waals surface area contributed by atoms with E-state index in [1.54, 1.807) is 0 Å². The van der Waals surface area contributed by atoms with Crippen molar-refractivity contribution in [2.75, 3.05) is 13.1 Å². The molecule has 2 unspecified atom stereocenters. The van der Waals surface area contributed by atoms with Crippen molar-refractivity contribution in [3.8, 4) is 0 Å². The summed E-state index contributed by atoms with van der Waals surface area (Å²) in [6.45, 7) is 3.18. The van der Waals surface area contributed by atoms with E-state index >= 15 is 0 Å². The second-order valence-electron chi connectivity index (χ2n) is 6.90. The maximum atomic E-state index is 12.2. The Morgan fingerprint density at radius 1 is 1.32 bits per heavy atom. The fraction of sp³-hybridized carbons (Fsp3) is 0.933. The highest BCUT2D eigenvalue weighted by atomic mass is 16.3. The van der Waals surface area contributed by atoms with Gasteiger partial charge in [0.15, 0.2) is 0 Å². The number of nitrogens with one attached hydrogen (secondary N) is 1. The van der Waals surface area contributed by atoms with E-state index in [4.69, 9.17) is 0 Å². The summed E-state index contributed by atoms with van der Waals surface area (Å²) in [5.41, 5.74) is -0.586. The monoisotopic (exact) mass is 266 g/mol. The number of carbonyl (C=O) groups excluding carboxylic acids is 1. The average Bonchev–Trinajstić information content (AvgIpc) is 2.66. The number of hydrogen-bond acceptors (Lipinski definition) is 3. The van der Waals surface area contributed by atoms with Crippen LogP contribution in [0.15, 0.2) is 0 Å². The second-order valence-corrected chi connectivity index (χ2v) is 6.90. The highest BCUT2D eigenvalue weighted by molar-refractivity contribution is 5.77. The van der Waals surface area contributed by atoms with Crippen molar-refractivity contribution >= 4 is 5.91 Å². The molecule has 3 aliphatic rings. The quantitative estimate of drug-likeness (QED) is 0.806. The third-order valence-electron chi connectivity index (χ3n) is 5.07. The van der Waals surface area contributed by atoms with E-state index in [-0.39, 0.29) is 5.91 Å². The smallest absolute Gasteiger partial charge is 0.223 e.